The number of nitrogen functional groups attached to an aromatic ring is 1. The van der Waals surface area contributed by atoms with Crippen LogP contribution < -0.4 is 11.1 Å². The molecule has 0 aliphatic rings. The molecule has 0 atom stereocenters. The lowest BCUT2D eigenvalue weighted by Gasteiger charge is -2.12. The third-order valence-corrected chi connectivity index (χ3v) is 3.13. The lowest BCUT2D eigenvalue weighted by atomic mass is 10.1. The quantitative estimate of drug-likeness (QED) is 0.900. The van der Waals surface area contributed by atoms with Gasteiger partial charge in [-0.1, -0.05) is 31.2 Å². The Morgan fingerprint density at radius 1 is 1.14 bits per heavy atom. The van der Waals surface area contributed by atoms with Gasteiger partial charge in [0.25, 0.3) is 0 Å². The van der Waals surface area contributed by atoms with Crippen LogP contribution in [0.3, 0.4) is 0 Å². The Kier molecular flexibility index (Phi) is 4.35. The summed E-state index contributed by atoms with van der Waals surface area (Å²) in [6.07, 6.45) is -3.58. The monoisotopic (exact) mass is 295 g/mol. The maximum absolute atomic E-state index is 12.7. The standard InChI is InChI=1S/C15H16F3N3/c1-2-10-5-3-4-6-11(10)9-20-14-8-12(15(16,17)18)7-13(19)21-14/h3-8H,2,9H2,1H3,(H3,19,20,21). The first kappa shape index (κ1) is 15.2. The van der Waals surface area contributed by atoms with E-state index in [0.29, 0.717) is 6.54 Å². The average molecular weight is 295 g/mol. The first-order chi connectivity index (χ1) is 9.90. The molecule has 0 aliphatic carbocycles. The van der Waals surface area contributed by atoms with Crippen molar-refractivity contribution < 1.29 is 13.2 Å². The summed E-state index contributed by atoms with van der Waals surface area (Å²) >= 11 is 0. The topological polar surface area (TPSA) is 50.9 Å². The van der Waals surface area contributed by atoms with Gasteiger partial charge >= 0.3 is 6.18 Å². The van der Waals surface area contributed by atoms with E-state index in [1.807, 2.05) is 31.2 Å². The Labute approximate surface area is 121 Å². The van der Waals surface area contributed by atoms with Gasteiger partial charge in [0.15, 0.2) is 0 Å². The van der Waals surface area contributed by atoms with Crippen LogP contribution in [0.1, 0.15) is 23.6 Å². The number of rotatable bonds is 4. The highest BCUT2D eigenvalue weighted by atomic mass is 19.4. The van der Waals surface area contributed by atoms with Crippen molar-refractivity contribution in [1.82, 2.24) is 4.98 Å². The molecule has 21 heavy (non-hydrogen) atoms. The zero-order valence-electron chi connectivity index (χ0n) is 11.5. The highest BCUT2D eigenvalue weighted by molar-refractivity contribution is 5.48. The number of anilines is 2. The van der Waals surface area contributed by atoms with Gasteiger partial charge in [-0.2, -0.15) is 13.2 Å². The van der Waals surface area contributed by atoms with E-state index >= 15 is 0 Å². The molecule has 112 valence electrons. The Bertz CT molecular complexity index is 624. The fourth-order valence-electron chi connectivity index (χ4n) is 2.07. The molecule has 3 N–H and O–H groups in total. The van der Waals surface area contributed by atoms with Crippen molar-refractivity contribution in [2.24, 2.45) is 0 Å². The molecule has 1 aromatic heterocycles. The molecule has 6 heteroatoms. The highest BCUT2D eigenvalue weighted by Gasteiger charge is 2.31. The van der Waals surface area contributed by atoms with Crippen molar-refractivity contribution in [2.75, 3.05) is 11.1 Å². The Morgan fingerprint density at radius 3 is 2.43 bits per heavy atom. The molecule has 0 saturated heterocycles. The summed E-state index contributed by atoms with van der Waals surface area (Å²) in [6.45, 7) is 2.43. The number of nitrogens with zero attached hydrogens (tertiary/aromatic N) is 1. The van der Waals surface area contributed by atoms with Crippen molar-refractivity contribution >= 4 is 11.6 Å². The molecule has 2 rings (SSSR count). The van der Waals surface area contributed by atoms with E-state index in [4.69, 9.17) is 5.73 Å². The molecule has 0 aliphatic heterocycles. The first-order valence-corrected chi connectivity index (χ1v) is 6.55. The molecular weight excluding hydrogens is 279 g/mol. The average Bonchev–Trinajstić information content (AvgIpc) is 2.44. The number of nitrogens with two attached hydrogens (primary N) is 1. The maximum atomic E-state index is 12.7. The summed E-state index contributed by atoms with van der Waals surface area (Å²) in [7, 11) is 0. The second-order valence-electron chi connectivity index (χ2n) is 4.64. The number of halogens is 3. The van der Waals surface area contributed by atoms with E-state index in [9.17, 15) is 13.2 Å². The van der Waals surface area contributed by atoms with Crippen LogP contribution in [0.5, 0.6) is 0 Å². The van der Waals surface area contributed by atoms with Crippen LogP contribution >= 0.6 is 0 Å². The SMILES string of the molecule is CCc1ccccc1CNc1cc(C(F)(F)F)cc(N)n1. The van der Waals surface area contributed by atoms with Gasteiger partial charge in [0.1, 0.15) is 11.6 Å². The third kappa shape index (κ3) is 3.87. The van der Waals surface area contributed by atoms with Crippen LogP contribution in [0.2, 0.25) is 0 Å². The van der Waals surface area contributed by atoms with Crippen molar-refractivity contribution in [3.05, 3.63) is 53.1 Å². The summed E-state index contributed by atoms with van der Waals surface area (Å²) in [5.74, 6) is -0.0377. The van der Waals surface area contributed by atoms with Crippen molar-refractivity contribution in [2.45, 2.75) is 26.1 Å². The van der Waals surface area contributed by atoms with Crippen LogP contribution in [-0.2, 0) is 19.1 Å². The van der Waals surface area contributed by atoms with Crippen LogP contribution in [0.4, 0.5) is 24.8 Å². The number of nitrogens with one attached hydrogen (secondary N) is 1. The van der Waals surface area contributed by atoms with Crippen molar-refractivity contribution in [3.8, 4) is 0 Å². The molecule has 0 fully saturated rings. The minimum Gasteiger partial charge on any atom is -0.384 e. The van der Waals surface area contributed by atoms with Crippen LogP contribution in [0.15, 0.2) is 36.4 Å². The van der Waals surface area contributed by atoms with Crippen molar-refractivity contribution in [1.29, 1.82) is 0 Å². The van der Waals surface area contributed by atoms with Gasteiger partial charge in [0, 0.05) is 6.54 Å². The largest absolute Gasteiger partial charge is 0.416 e. The molecule has 0 amide bonds. The van der Waals surface area contributed by atoms with E-state index in [-0.39, 0.29) is 11.6 Å². The van der Waals surface area contributed by atoms with E-state index in [2.05, 4.69) is 10.3 Å². The summed E-state index contributed by atoms with van der Waals surface area (Å²) in [4.78, 5) is 3.88. The summed E-state index contributed by atoms with van der Waals surface area (Å²) in [6, 6.07) is 9.54. The van der Waals surface area contributed by atoms with Gasteiger partial charge in [-0.15, -0.1) is 0 Å². The zero-order chi connectivity index (χ0) is 15.5. The normalized spacial score (nSPS) is 11.4. The predicted octanol–water partition coefficient (Wildman–Crippen LogP) is 3.86. The predicted molar refractivity (Wildman–Crippen MR) is 76.8 cm³/mol. The van der Waals surface area contributed by atoms with Gasteiger partial charge in [0.2, 0.25) is 0 Å². The van der Waals surface area contributed by atoms with E-state index in [0.717, 1.165) is 29.7 Å². The summed E-state index contributed by atoms with van der Waals surface area (Å²) < 4.78 is 38.2. The van der Waals surface area contributed by atoms with Crippen LogP contribution in [-0.4, -0.2) is 4.98 Å². The molecular formula is C15H16F3N3. The number of alkyl halides is 3. The molecule has 0 bridgehead atoms. The first-order valence-electron chi connectivity index (χ1n) is 6.55. The van der Waals surface area contributed by atoms with Gasteiger partial charge in [-0.25, -0.2) is 4.98 Å². The summed E-state index contributed by atoms with van der Waals surface area (Å²) in [5, 5.41) is 2.90. The molecule has 0 spiro atoms. The van der Waals surface area contributed by atoms with E-state index in [1.165, 1.54) is 0 Å². The molecule has 1 heterocycles. The minimum absolute atomic E-state index is 0.119. The van der Waals surface area contributed by atoms with Gasteiger partial charge in [0.05, 0.1) is 5.56 Å². The van der Waals surface area contributed by atoms with E-state index < -0.39 is 11.7 Å². The molecule has 2 aromatic rings. The lowest BCUT2D eigenvalue weighted by Crippen LogP contribution is -2.10. The number of aromatic nitrogens is 1. The van der Waals surface area contributed by atoms with Crippen LogP contribution in [0, 0.1) is 0 Å². The van der Waals surface area contributed by atoms with E-state index in [1.54, 1.807) is 0 Å². The molecule has 1 aromatic carbocycles. The molecule has 3 nitrogen and oxygen atoms in total. The molecule has 0 unspecified atom stereocenters. The number of aryl methyl sites for hydroxylation is 1. The zero-order valence-corrected chi connectivity index (χ0v) is 11.5. The number of benzene rings is 1. The molecule has 0 radical (unpaired) electrons. The Morgan fingerprint density at radius 2 is 1.81 bits per heavy atom. The van der Waals surface area contributed by atoms with Gasteiger partial charge in [-0.3, -0.25) is 0 Å². The lowest BCUT2D eigenvalue weighted by molar-refractivity contribution is -0.137. The van der Waals surface area contributed by atoms with Gasteiger partial charge < -0.3 is 11.1 Å². The maximum Gasteiger partial charge on any atom is 0.416 e. The second-order valence-corrected chi connectivity index (χ2v) is 4.64. The number of pyridine rings is 1. The second kappa shape index (κ2) is 6.03. The Hall–Kier alpha value is -2.24. The third-order valence-electron chi connectivity index (χ3n) is 3.13. The minimum atomic E-state index is -4.44. The highest BCUT2D eigenvalue weighted by Crippen LogP contribution is 2.31. The number of hydrogen-bond donors (Lipinski definition) is 2. The fourth-order valence-corrected chi connectivity index (χ4v) is 2.07. The Balaban J connectivity index is 2.19. The van der Waals surface area contributed by atoms with Gasteiger partial charge in [-0.05, 0) is 29.7 Å². The smallest absolute Gasteiger partial charge is 0.384 e. The fraction of sp³-hybridized carbons (Fsp3) is 0.267. The molecule has 0 saturated carbocycles. The van der Waals surface area contributed by atoms with Crippen molar-refractivity contribution in [3.63, 3.8) is 0 Å². The summed E-state index contributed by atoms with van der Waals surface area (Å²) in [5.41, 5.74) is 6.79. The number of hydrogen-bond acceptors (Lipinski definition) is 3. The van der Waals surface area contributed by atoms with Crippen LogP contribution in [0.25, 0.3) is 0 Å².